The van der Waals surface area contributed by atoms with E-state index in [9.17, 15) is 9.59 Å². The minimum Gasteiger partial charge on any atom is -0.465 e. The molecule has 2 N–H and O–H groups in total. The van der Waals surface area contributed by atoms with Crippen LogP contribution in [0.2, 0.25) is 0 Å². The molecule has 0 aliphatic heterocycles. The minimum absolute atomic E-state index is 0.523. The molecule has 0 bridgehead atoms. The van der Waals surface area contributed by atoms with Crippen LogP contribution in [0, 0.1) is 0 Å². The summed E-state index contributed by atoms with van der Waals surface area (Å²) in [7, 11) is 4.61. The number of rotatable bonds is 5. The van der Waals surface area contributed by atoms with Gasteiger partial charge >= 0.3 is 6.09 Å². The summed E-state index contributed by atoms with van der Waals surface area (Å²) in [5.74, 6) is 0. The van der Waals surface area contributed by atoms with Crippen LogP contribution in [-0.4, -0.2) is 55.4 Å². The average molecular weight is 204 g/mol. The molecule has 14 heavy (non-hydrogen) atoms. The second-order valence-electron chi connectivity index (χ2n) is 3.15. The van der Waals surface area contributed by atoms with Crippen molar-refractivity contribution >= 4 is 12.4 Å². The normalized spacial score (nSPS) is 17.2. The van der Waals surface area contributed by atoms with Gasteiger partial charge in [0.15, 0.2) is 11.9 Å². The van der Waals surface area contributed by atoms with Gasteiger partial charge in [0.25, 0.3) is 0 Å². The van der Waals surface area contributed by atoms with E-state index in [0.717, 1.165) is 0 Å². The number of hydrogen-bond acceptors (Lipinski definition) is 4. The summed E-state index contributed by atoms with van der Waals surface area (Å²) in [6, 6.07) is 0. The summed E-state index contributed by atoms with van der Waals surface area (Å²) >= 11 is 0. The largest absolute Gasteiger partial charge is 0.465 e. The standard InChI is InChI=1S/C8H16N2O4/c1-6(14-4)8(5-11,10(2)3)9-7(12)13/h5-6,9H,1-4H3,(H,12,13)/t6-,8-/m1/s1. The van der Waals surface area contributed by atoms with Crippen molar-refractivity contribution in [2.24, 2.45) is 0 Å². The van der Waals surface area contributed by atoms with Crippen LogP contribution in [-0.2, 0) is 9.53 Å². The maximum absolute atomic E-state index is 11.0. The summed E-state index contributed by atoms with van der Waals surface area (Å²) in [6.45, 7) is 1.62. The molecule has 0 spiro atoms. The maximum Gasteiger partial charge on any atom is 0.406 e. The monoisotopic (exact) mass is 204 g/mol. The van der Waals surface area contributed by atoms with Crippen molar-refractivity contribution in [2.75, 3.05) is 21.2 Å². The van der Waals surface area contributed by atoms with Gasteiger partial charge in [-0.2, -0.15) is 0 Å². The highest BCUT2D eigenvalue weighted by Gasteiger charge is 2.40. The first-order valence-corrected chi connectivity index (χ1v) is 4.08. The lowest BCUT2D eigenvalue weighted by atomic mass is 10.1. The van der Waals surface area contributed by atoms with Crippen molar-refractivity contribution in [3.8, 4) is 0 Å². The Morgan fingerprint density at radius 3 is 2.36 bits per heavy atom. The highest BCUT2D eigenvalue weighted by Crippen LogP contribution is 2.13. The number of ether oxygens (including phenoxy) is 1. The van der Waals surface area contributed by atoms with Gasteiger partial charge in [-0.15, -0.1) is 0 Å². The Balaban J connectivity index is 4.97. The Bertz CT molecular complexity index is 219. The predicted octanol–water partition coefficient (Wildman–Crippen LogP) is -0.254. The fourth-order valence-corrected chi connectivity index (χ4v) is 1.16. The highest BCUT2D eigenvalue weighted by molar-refractivity contribution is 5.75. The third-order valence-corrected chi connectivity index (χ3v) is 2.20. The van der Waals surface area contributed by atoms with Crippen molar-refractivity contribution in [1.29, 1.82) is 0 Å². The molecule has 0 unspecified atom stereocenters. The molecule has 0 fully saturated rings. The van der Waals surface area contributed by atoms with Crippen LogP contribution < -0.4 is 5.32 Å². The average Bonchev–Trinajstić information content (AvgIpc) is 2.12. The number of carboxylic acid groups (broad SMARTS) is 1. The Morgan fingerprint density at radius 2 is 2.14 bits per heavy atom. The number of aldehydes is 1. The van der Waals surface area contributed by atoms with Crippen molar-refractivity contribution in [1.82, 2.24) is 10.2 Å². The van der Waals surface area contributed by atoms with E-state index in [4.69, 9.17) is 9.84 Å². The summed E-state index contributed by atoms with van der Waals surface area (Å²) < 4.78 is 4.97. The molecule has 0 aromatic heterocycles. The molecule has 0 aliphatic carbocycles. The molecule has 0 aliphatic rings. The molecule has 0 radical (unpaired) electrons. The number of carbonyl (C=O) groups excluding carboxylic acids is 1. The molecular weight excluding hydrogens is 188 g/mol. The molecule has 1 amide bonds. The molecule has 6 heteroatoms. The molecule has 82 valence electrons. The molecule has 2 atom stereocenters. The second kappa shape index (κ2) is 4.92. The van der Waals surface area contributed by atoms with Gasteiger partial charge in [-0.1, -0.05) is 0 Å². The van der Waals surface area contributed by atoms with Crippen molar-refractivity contribution < 1.29 is 19.4 Å². The fraction of sp³-hybridized carbons (Fsp3) is 0.750. The summed E-state index contributed by atoms with van der Waals surface area (Å²) in [5.41, 5.74) is -1.35. The lowest BCUT2D eigenvalue weighted by Gasteiger charge is -2.38. The minimum atomic E-state index is -1.35. The van der Waals surface area contributed by atoms with Crippen molar-refractivity contribution in [3.05, 3.63) is 0 Å². The first kappa shape index (κ1) is 12.9. The lowest BCUT2D eigenvalue weighted by molar-refractivity contribution is -0.128. The predicted molar refractivity (Wildman–Crippen MR) is 50.1 cm³/mol. The molecule has 0 aromatic rings. The number of nitrogens with zero attached hydrogens (tertiary/aromatic N) is 1. The van der Waals surface area contributed by atoms with Crippen LogP contribution in [0.5, 0.6) is 0 Å². The molecule has 0 heterocycles. The van der Waals surface area contributed by atoms with E-state index in [1.54, 1.807) is 21.0 Å². The van der Waals surface area contributed by atoms with E-state index < -0.39 is 17.9 Å². The molecule has 0 aromatic carbocycles. The SMILES string of the molecule is CO[C@H](C)[C@](C=O)(NC(=O)O)N(C)C. The van der Waals surface area contributed by atoms with E-state index in [0.29, 0.717) is 6.29 Å². The van der Waals surface area contributed by atoms with Crippen LogP contribution in [0.1, 0.15) is 6.92 Å². The van der Waals surface area contributed by atoms with Crippen LogP contribution in [0.25, 0.3) is 0 Å². The highest BCUT2D eigenvalue weighted by atomic mass is 16.5. The fourth-order valence-electron chi connectivity index (χ4n) is 1.16. The van der Waals surface area contributed by atoms with Gasteiger partial charge in [0.2, 0.25) is 0 Å². The van der Waals surface area contributed by atoms with Crippen LogP contribution in [0.15, 0.2) is 0 Å². The van der Waals surface area contributed by atoms with E-state index in [1.165, 1.54) is 12.0 Å². The maximum atomic E-state index is 11.0. The van der Waals surface area contributed by atoms with E-state index in [1.807, 2.05) is 0 Å². The number of methoxy groups -OCH3 is 1. The van der Waals surface area contributed by atoms with Crippen LogP contribution in [0.4, 0.5) is 4.79 Å². The third kappa shape index (κ3) is 2.43. The van der Waals surface area contributed by atoms with Gasteiger partial charge in [0.1, 0.15) is 0 Å². The number of nitrogens with one attached hydrogen (secondary N) is 1. The van der Waals surface area contributed by atoms with E-state index >= 15 is 0 Å². The van der Waals surface area contributed by atoms with Gasteiger partial charge in [-0.3, -0.25) is 15.0 Å². The number of likely N-dealkylation sites (N-methyl/N-ethyl adjacent to an activating group) is 1. The van der Waals surface area contributed by atoms with Crippen LogP contribution in [0.3, 0.4) is 0 Å². The Hall–Kier alpha value is -1.14. The summed E-state index contributed by atoms with van der Waals surface area (Å²) in [4.78, 5) is 23.0. The summed E-state index contributed by atoms with van der Waals surface area (Å²) in [5, 5.41) is 10.8. The first-order valence-electron chi connectivity index (χ1n) is 4.08. The smallest absolute Gasteiger partial charge is 0.406 e. The Labute approximate surface area is 82.8 Å². The Kier molecular flexibility index (Phi) is 4.52. The first-order chi connectivity index (χ1) is 6.40. The van der Waals surface area contributed by atoms with Gasteiger partial charge < -0.3 is 9.84 Å². The van der Waals surface area contributed by atoms with Gasteiger partial charge in [-0.25, -0.2) is 4.79 Å². The quantitative estimate of drug-likeness (QED) is 0.476. The Morgan fingerprint density at radius 1 is 1.64 bits per heavy atom. The molecule has 0 saturated carbocycles. The van der Waals surface area contributed by atoms with Gasteiger partial charge in [0, 0.05) is 7.11 Å². The molecule has 0 rings (SSSR count). The van der Waals surface area contributed by atoms with Crippen molar-refractivity contribution in [2.45, 2.75) is 18.7 Å². The third-order valence-electron chi connectivity index (χ3n) is 2.20. The van der Waals surface area contributed by atoms with Gasteiger partial charge in [0.05, 0.1) is 6.10 Å². The lowest BCUT2D eigenvalue weighted by Crippen LogP contribution is -2.65. The summed E-state index contributed by atoms with van der Waals surface area (Å²) in [6.07, 6.45) is -1.32. The number of amides is 1. The zero-order valence-corrected chi connectivity index (χ0v) is 8.77. The number of carbonyl (C=O) groups is 2. The van der Waals surface area contributed by atoms with Gasteiger partial charge in [-0.05, 0) is 21.0 Å². The topological polar surface area (TPSA) is 78.9 Å². The zero-order chi connectivity index (χ0) is 11.4. The second-order valence-corrected chi connectivity index (χ2v) is 3.15. The van der Waals surface area contributed by atoms with E-state index in [-0.39, 0.29) is 0 Å². The number of hydrogen-bond donors (Lipinski definition) is 2. The van der Waals surface area contributed by atoms with E-state index in [2.05, 4.69) is 5.32 Å². The molecule has 0 saturated heterocycles. The van der Waals surface area contributed by atoms with Crippen molar-refractivity contribution in [3.63, 3.8) is 0 Å². The zero-order valence-electron chi connectivity index (χ0n) is 8.77. The molecular formula is C8H16N2O4. The molecule has 6 nitrogen and oxygen atoms in total. The van der Waals surface area contributed by atoms with Crippen LogP contribution >= 0.6 is 0 Å².